The van der Waals surface area contributed by atoms with Crippen molar-refractivity contribution in [2.45, 2.75) is 25.8 Å². The van der Waals surface area contributed by atoms with E-state index in [9.17, 15) is 0 Å². The van der Waals surface area contributed by atoms with Crippen LogP contribution in [-0.2, 0) is 0 Å². The maximum Gasteiger partial charge on any atom is 0.123 e. The minimum atomic E-state index is 0.0255. The number of hydrogen-bond donors (Lipinski definition) is 1. The Morgan fingerprint density at radius 3 is 2.44 bits per heavy atom. The second kappa shape index (κ2) is 3.98. The SMILES string of the molecule is COc1ccc(OC)c(C(N)C2(C)CC2)c1. The third-order valence-corrected chi connectivity index (χ3v) is 3.56. The monoisotopic (exact) mass is 221 g/mol. The molecule has 0 aliphatic heterocycles. The Morgan fingerprint density at radius 1 is 1.25 bits per heavy atom. The van der Waals surface area contributed by atoms with Gasteiger partial charge in [-0.25, -0.2) is 0 Å². The molecular formula is C13H19NO2. The molecule has 2 N–H and O–H groups in total. The van der Waals surface area contributed by atoms with Crippen molar-refractivity contribution in [1.29, 1.82) is 0 Å². The molecule has 1 aromatic rings. The fourth-order valence-corrected chi connectivity index (χ4v) is 1.97. The molecule has 3 heteroatoms. The lowest BCUT2D eigenvalue weighted by atomic mass is 9.92. The lowest BCUT2D eigenvalue weighted by molar-refractivity contribution is 0.377. The van der Waals surface area contributed by atoms with Crippen molar-refractivity contribution < 1.29 is 9.47 Å². The fourth-order valence-electron chi connectivity index (χ4n) is 1.97. The molecule has 1 aliphatic rings. The van der Waals surface area contributed by atoms with Crippen LogP contribution in [0.5, 0.6) is 11.5 Å². The Kier molecular flexibility index (Phi) is 2.80. The Hall–Kier alpha value is -1.22. The zero-order chi connectivity index (χ0) is 11.8. The van der Waals surface area contributed by atoms with Gasteiger partial charge in [0.2, 0.25) is 0 Å². The molecule has 0 heterocycles. The lowest BCUT2D eigenvalue weighted by Crippen LogP contribution is -2.20. The molecule has 1 atom stereocenters. The van der Waals surface area contributed by atoms with Gasteiger partial charge in [-0.1, -0.05) is 6.92 Å². The first-order valence-electron chi connectivity index (χ1n) is 5.58. The van der Waals surface area contributed by atoms with Gasteiger partial charge in [0.1, 0.15) is 11.5 Å². The van der Waals surface area contributed by atoms with E-state index in [0.29, 0.717) is 0 Å². The number of methoxy groups -OCH3 is 2. The summed E-state index contributed by atoms with van der Waals surface area (Å²) in [6.45, 7) is 2.22. The van der Waals surface area contributed by atoms with Crippen LogP contribution in [0.3, 0.4) is 0 Å². The maximum absolute atomic E-state index is 6.30. The molecule has 1 unspecified atom stereocenters. The predicted molar refractivity (Wildman–Crippen MR) is 63.8 cm³/mol. The van der Waals surface area contributed by atoms with Crippen LogP contribution >= 0.6 is 0 Å². The summed E-state index contributed by atoms with van der Waals surface area (Å²) >= 11 is 0. The predicted octanol–water partition coefficient (Wildman–Crippen LogP) is 2.50. The summed E-state index contributed by atoms with van der Waals surface area (Å²) in [4.78, 5) is 0. The van der Waals surface area contributed by atoms with Crippen molar-refractivity contribution in [2.75, 3.05) is 14.2 Å². The van der Waals surface area contributed by atoms with Gasteiger partial charge in [0.05, 0.1) is 14.2 Å². The Morgan fingerprint density at radius 2 is 1.94 bits per heavy atom. The summed E-state index contributed by atoms with van der Waals surface area (Å²) in [6, 6.07) is 5.81. The topological polar surface area (TPSA) is 44.5 Å². The lowest BCUT2D eigenvalue weighted by Gasteiger charge is -2.22. The van der Waals surface area contributed by atoms with Crippen LogP contribution in [0.2, 0.25) is 0 Å². The van der Waals surface area contributed by atoms with Crippen molar-refractivity contribution in [2.24, 2.45) is 11.1 Å². The molecule has 88 valence electrons. The van der Waals surface area contributed by atoms with Gasteiger partial charge in [0.25, 0.3) is 0 Å². The minimum Gasteiger partial charge on any atom is -0.497 e. The smallest absolute Gasteiger partial charge is 0.123 e. The van der Waals surface area contributed by atoms with Crippen LogP contribution in [0.1, 0.15) is 31.4 Å². The van der Waals surface area contributed by atoms with Crippen molar-refractivity contribution in [3.63, 3.8) is 0 Å². The van der Waals surface area contributed by atoms with E-state index in [2.05, 4.69) is 6.92 Å². The van der Waals surface area contributed by atoms with Gasteiger partial charge in [0, 0.05) is 11.6 Å². The molecule has 0 saturated heterocycles. The Labute approximate surface area is 96.5 Å². The Balaban J connectivity index is 2.36. The first kappa shape index (κ1) is 11.3. The van der Waals surface area contributed by atoms with E-state index in [-0.39, 0.29) is 11.5 Å². The van der Waals surface area contributed by atoms with E-state index in [0.717, 1.165) is 17.1 Å². The van der Waals surface area contributed by atoms with Crippen LogP contribution in [-0.4, -0.2) is 14.2 Å². The third-order valence-electron chi connectivity index (χ3n) is 3.56. The Bertz CT molecular complexity index is 386. The van der Waals surface area contributed by atoms with Crippen molar-refractivity contribution >= 4 is 0 Å². The second-order valence-electron chi connectivity index (χ2n) is 4.74. The summed E-state index contributed by atoms with van der Waals surface area (Å²) in [5.41, 5.74) is 7.58. The summed E-state index contributed by atoms with van der Waals surface area (Å²) in [6.07, 6.45) is 2.38. The van der Waals surface area contributed by atoms with E-state index in [1.165, 1.54) is 12.8 Å². The molecule has 0 spiro atoms. The number of rotatable bonds is 4. The maximum atomic E-state index is 6.30. The van der Waals surface area contributed by atoms with Crippen molar-refractivity contribution in [1.82, 2.24) is 0 Å². The quantitative estimate of drug-likeness (QED) is 0.849. The van der Waals surface area contributed by atoms with E-state index in [4.69, 9.17) is 15.2 Å². The number of hydrogen-bond acceptors (Lipinski definition) is 3. The van der Waals surface area contributed by atoms with Gasteiger partial charge in [-0.2, -0.15) is 0 Å². The molecule has 2 rings (SSSR count). The highest BCUT2D eigenvalue weighted by molar-refractivity contribution is 5.43. The molecular weight excluding hydrogens is 202 g/mol. The number of nitrogens with two attached hydrogens (primary N) is 1. The van der Waals surface area contributed by atoms with Crippen LogP contribution in [0.25, 0.3) is 0 Å². The highest BCUT2D eigenvalue weighted by atomic mass is 16.5. The highest BCUT2D eigenvalue weighted by Gasteiger charge is 2.44. The van der Waals surface area contributed by atoms with Crippen molar-refractivity contribution in [3.8, 4) is 11.5 Å². The number of benzene rings is 1. The molecule has 1 fully saturated rings. The van der Waals surface area contributed by atoms with Gasteiger partial charge in [-0.05, 0) is 36.5 Å². The normalized spacial score (nSPS) is 19.0. The van der Waals surface area contributed by atoms with E-state index >= 15 is 0 Å². The van der Waals surface area contributed by atoms with Crippen LogP contribution < -0.4 is 15.2 Å². The molecule has 0 bridgehead atoms. The fraction of sp³-hybridized carbons (Fsp3) is 0.538. The molecule has 1 aromatic carbocycles. The molecule has 0 aromatic heterocycles. The summed E-state index contributed by atoms with van der Waals surface area (Å²) in [7, 11) is 3.34. The largest absolute Gasteiger partial charge is 0.497 e. The minimum absolute atomic E-state index is 0.0255. The van der Waals surface area contributed by atoms with Crippen LogP contribution in [0.4, 0.5) is 0 Å². The average molecular weight is 221 g/mol. The summed E-state index contributed by atoms with van der Waals surface area (Å²) in [5.74, 6) is 1.68. The highest BCUT2D eigenvalue weighted by Crippen LogP contribution is 2.54. The standard InChI is InChI=1S/C13H19NO2/c1-13(6-7-13)12(14)10-8-9(15-2)4-5-11(10)16-3/h4-5,8,12H,6-7,14H2,1-3H3. The average Bonchev–Trinajstić information content (AvgIpc) is 3.06. The first-order chi connectivity index (χ1) is 7.60. The molecule has 1 aliphatic carbocycles. The van der Waals surface area contributed by atoms with E-state index < -0.39 is 0 Å². The molecule has 0 amide bonds. The van der Waals surface area contributed by atoms with Gasteiger partial charge in [-0.3, -0.25) is 0 Å². The van der Waals surface area contributed by atoms with Crippen LogP contribution in [0.15, 0.2) is 18.2 Å². The zero-order valence-corrected chi connectivity index (χ0v) is 10.1. The summed E-state index contributed by atoms with van der Waals surface area (Å²) < 4.78 is 10.6. The van der Waals surface area contributed by atoms with Gasteiger partial charge < -0.3 is 15.2 Å². The second-order valence-corrected chi connectivity index (χ2v) is 4.74. The van der Waals surface area contributed by atoms with Gasteiger partial charge >= 0.3 is 0 Å². The molecule has 1 saturated carbocycles. The first-order valence-corrected chi connectivity index (χ1v) is 5.58. The molecule has 16 heavy (non-hydrogen) atoms. The van der Waals surface area contributed by atoms with Gasteiger partial charge in [0.15, 0.2) is 0 Å². The number of ether oxygens (including phenoxy) is 2. The zero-order valence-electron chi connectivity index (χ0n) is 10.1. The molecule has 3 nitrogen and oxygen atoms in total. The van der Waals surface area contributed by atoms with E-state index in [1.807, 2.05) is 18.2 Å². The van der Waals surface area contributed by atoms with Crippen LogP contribution in [0, 0.1) is 5.41 Å². The third kappa shape index (κ3) is 1.87. The van der Waals surface area contributed by atoms with Crippen molar-refractivity contribution in [3.05, 3.63) is 23.8 Å². The van der Waals surface area contributed by atoms with Gasteiger partial charge in [-0.15, -0.1) is 0 Å². The van der Waals surface area contributed by atoms with E-state index in [1.54, 1.807) is 14.2 Å². The molecule has 0 radical (unpaired) electrons. The summed E-state index contributed by atoms with van der Waals surface area (Å²) in [5, 5.41) is 0.